The minimum absolute atomic E-state index is 0.00957. The maximum Gasteiger partial charge on any atom is 0.274 e. The monoisotopic (exact) mass is 395 g/mol. The first-order chi connectivity index (χ1) is 14.0. The normalized spacial score (nSPS) is 16.0. The predicted molar refractivity (Wildman–Crippen MR) is 102 cm³/mol. The number of fused-ring (bicyclic) bond motifs is 1. The summed E-state index contributed by atoms with van der Waals surface area (Å²) in [6.07, 6.45) is 1.47. The molecule has 9 heteroatoms. The first-order valence-corrected chi connectivity index (χ1v) is 8.96. The molecule has 0 radical (unpaired) electrons. The van der Waals surface area contributed by atoms with Crippen LogP contribution in [0.4, 0.5) is 10.1 Å². The SMILES string of the molecule is CN1C(=O)C(NC(=O)c2cn(Cc3ccc(F)cc3)nn2)COc2ccccc21. The molecule has 4 rings (SSSR count). The molecule has 0 aliphatic carbocycles. The molecule has 1 atom stereocenters. The molecule has 3 aromatic rings. The minimum atomic E-state index is -0.859. The number of nitrogens with zero attached hydrogens (tertiary/aromatic N) is 4. The van der Waals surface area contributed by atoms with Gasteiger partial charge in [-0.1, -0.05) is 29.5 Å². The molecule has 29 heavy (non-hydrogen) atoms. The zero-order chi connectivity index (χ0) is 20.4. The van der Waals surface area contributed by atoms with Crippen LogP contribution in [-0.2, 0) is 11.3 Å². The largest absolute Gasteiger partial charge is 0.489 e. The summed E-state index contributed by atoms with van der Waals surface area (Å²) >= 11 is 0. The van der Waals surface area contributed by atoms with E-state index in [1.54, 1.807) is 31.3 Å². The van der Waals surface area contributed by atoms with Gasteiger partial charge in [-0.05, 0) is 29.8 Å². The third-order valence-electron chi connectivity index (χ3n) is 4.60. The number of nitrogens with one attached hydrogen (secondary N) is 1. The Morgan fingerprint density at radius 3 is 2.79 bits per heavy atom. The van der Waals surface area contributed by atoms with Crippen molar-refractivity contribution in [3.63, 3.8) is 0 Å². The van der Waals surface area contributed by atoms with Gasteiger partial charge in [-0.15, -0.1) is 5.10 Å². The van der Waals surface area contributed by atoms with Gasteiger partial charge in [0.15, 0.2) is 5.69 Å². The van der Waals surface area contributed by atoms with E-state index in [0.717, 1.165) is 5.56 Å². The number of carbonyl (C=O) groups is 2. The Bertz CT molecular complexity index is 1050. The Hall–Kier alpha value is -3.75. The lowest BCUT2D eigenvalue weighted by molar-refractivity contribution is -0.120. The van der Waals surface area contributed by atoms with Crippen molar-refractivity contribution in [1.82, 2.24) is 20.3 Å². The molecule has 148 valence electrons. The van der Waals surface area contributed by atoms with E-state index in [0.29, 0.717) is 18.0 Å². The zero-order valence-corrected chi connectivity index (χ0v) is 15.6. The first kappa shape index (κ1) is 18.6. The highest BCUT2D eigenvalue weighted by atomic mass is 19.1. The average molecular weight is 395 g/mol. The van der Waals surface area contributed by atoms with Gasteiger partial charge in [0.05, 0.1) is 18.4 Å². The van der Waals surface area contributed by atoms with Crippen LogP contribution in [0.25, 0.3) is 0 Å². The van der Waals surface area contributed by atoms with E-state index in [1.165, 1.54) is 27.9 Å². The van der Waals surface area contributed by atoms with Crippen LogP contribution in [-0.4, -0.2) is 46.5 Å². The van der Waals surface area contributed by atoms with Gasteiger partial charge >= 0.3 is 0 Å². The fourth-order valence-corrected chi connectivity index (χ4v) is 3.05. The first-order valence-electron chi connectivity index (χ1n) is 8.96. The number of aromatic nitrogens is 3. The second-order valence-electron chi connectivity index (χ2n) is 6.63. The number of hydrogen-bond donors (Lipinski definition) is 1. The molecule has 1 aliphatic heterocycles. The van der Waals surface area contributed by atoms with Crippen molar-refractivity contribution in [2.45, 2.75) is 12.6 Å². The molecular weight excluding hydrogens is 377 g/mol. The van der Waals surface area contributed by atoms with Crippen LogP contribution in [0.3, 0.4) is 0 Å². The summed E-state index contributed by atoms with van der Waals surface area (Å²) in [4.78, 5) is 26.7. The van der Waals surface area contributed by atoms with Crippen LogP contribution in [0, 0.1) is 5.82 Å². The second-order valence-corrected chi connectivity index (χ2v) is 6.63. The molecule has 8 nitrogen and oxygen atoms in total. The number of carbonyl (C=O) groups excluding carboxylic acids is 2. The Morgan fingerprint density at radius 1 is 1.24 bits per heavy atom. The highest BCUT2D eigenvalue weighted by molar-refractivity contribution is 6.02. The molecule has 2 heterocycles. The molecule has 0 saturated heterocycles. The third kappa shape index (κ3) is 3.93. The lowest BCUT2D eigenvalue weighted by Gasteiger charge is -2.19. The predicted octanol–water partition coefficient (Wildman–Crippen LogP) is 1.62. The number of ether oxygens (including phenoxy) is 1. The minimum Gasteiger partial charge on any atom is -0.489 e. The topological polar surface area (TPSA) is 89.4 Å². The molecule has 0 saturated carbocycles. The quantitative estimate of drug-likeness (QED) is 0.725. The summed E-state index contributed by atoms with van der Waals surface area (Å²) in [6.45, 7) is 0.347. The van der Waals surface area contributed by atoms with Crippen molar-refractivity contribution in [2.75, 3.05) is 18.6 Å². The molecule has 0 bridgehead atoms. The molecule has 2 amide bonds. The summed E-state index contributed by atoms with van der Waals surface area (Å²) in [5, 5.41) is 10.4. The molecular formula is C20H18FN5O3. The van der Waals surface area contributed by atoms with Gasteiger partial charge in [0.25, 0.3) is 11.8 Å². The number of likely N-dealkylation sites (N-methyl/N-ethyl adjacent to an activating group) is 1. The van der Waals surface area contributed by atoms with Crippen LogP contribution in [0.15, 0.2) is 54.7 Å². The lowest BCUT2D eigenvalue weighted by Crippen LogP contribution is -2.49. The van der Waals surface area contributed by atoms with Crippen LogP contribution in [0.5, 0.6) is 5.75 Å². The summed E-state index contributed by atoms with van der Waals surface area (Å²) in [7, 11) is 1.63. The van der Waals surface area contributed by atoms with Gasteiger partial charge in [0.2, 0.25) is 0 Å². The van der Waals surface area contributed by atoms with Crippen LogP contribution in [0.2, 0.25) is 0 Å². The van der Waals surface area contributed by atoms with Crippen molar-refractivity contribution in [2.24, 2.45) is 0 Å². The number of para-hydroxylation sites is 2. The maximum atomic E-state index is 13.0. The van der Waals surface area contributed by atoms with E-state index in [-0.39, 0.29) is 24.0 Å². The summed E-state index contributed by atoms with van der Waals surface area (Å²) in [6, 6.07) is 12.3. The van der Waals surface area contributed by atoms with Crippen molar-refractivity contribution in [3.05, 3.63) is 71.8 Å². The van der Waals surface area contributed by atoms with E-state index in [1.807, 2.05) is 12.1 Å². The summed E-state index contributed by atoms with van der Waals surface area (Å²) in [5.74, 6) is -0.571. The Morgan fingerprint density at radius 2 is 2.00 bits per heavy atom. The van der Waals surface area contributed by atoms with Gasteiger partial charge in [0.1, 0.15) is 24.2 Å². The number of halogens is 1. The summed E-state index contributed by atoms with van der Waals surface area (Å²) < 4.78 is 20.2. The second kappa shape index (κ2) is 7.70. The van der Waals surface area contributed by atoms with Gasteiger partial charge in [0, 0.05) is 7.05 Å². The van der Waals surface area contributed by atoms with E-state index < -0.39 is 11.9 Å². The highest BCUT2D eigenvalue weighted by Crippen LogP contribution is 2.29. The number of hydrogen-bond acceptors (Lipinski definition) is 5. The van der Waals surface area contributed by atoms with Gasteiger partial charge in [-0.25, -0.2) is 9.07 Å². The van der Waals surface area contributed by atoms with E-state index >= 15 is 0 Å². The van der Waals surface area contributed by atoms with Gasteiger partial charge < -0.3 is 15.0 Å². The fraction of sp³-hybridized carbons (Fsp3) is 0.200. The van der Waals surface area contributed by atoms with Gasteiger partial charge in [-0.2, -0.15) is 0 Å². The number of benzene rings is 2. The Kier molecular flexibility index (Phi) is 4.94. The average Bonchev–Trinajstić information content (AvgIpc) is 3.16. The fourth-order valence-electron chi connectivity index (χ4n) is 3.05. The number of rotatable bonds is 4. The number of amides is 2. The van der Waals surface area contributed by atoms with E-state index in [9.17, 15) is 14.0 Å². The molecule has 0 fully saturated rings. The molecule has 1 N–H and O–H groups in total. The molecule has 2 aromatic carbocycles. The Balaban J connectivity index is 1.44. The molecule has 1 unspecified atom stereocenters. The van der Waals surface area contributed by atoms with Crippen LogP contribution >= 0.6 is 0 Å². The lowest BCUT2D eigenvalue weighted by atomic mass is 10.2. The zero-order valence-electron chi connectivity index (χ0n) is 15.6. The smallest absolute Gasteiger partial charge is 0.274 e. The Labute approximate surface area is 165 Å². The van der Waals surface area contributed by atoms with Crippen LogP contribution in [0.1, 0.15) is 16.1 Å². The van der Waals surface area contributed by atoms with Gasteiger partial charge in [-0.3, -0.25) is 9.59 Å². The van der Waals surface area contributed by atoms with Crippen molar-refractivity contribution >= 4 is 17.5 Å². The molecule has 1 aliphatic rings. The maximum absolute atomic E-state index is 13.0. The summed E-state index contributed by atoms with van der Waals surface area (Å²) in [5.41, 5.74) is 1.53. The van der Waals surface area contributed by atoms with Crippen LogP contribution < -0.4 is 15.0 Å². The van der Waals surface area contributed by atoms with E-state index in [2.05, 4.69) is 15.6 Å². The van der Waals surface area contributed by atoms with Crippen molar-refractivity contribution < 1.29 is 18.7 Å². The standard InChI is InChI=1S/C20H18FN5O3/c1-25-17-4-2-3-5-18(17)29-12-16(20(25)28)22-19(27)15-11-26(24-23-15)10-13-6-8-14(21)9-7-13/h2-9,11,16H,10,12H2,1H3,(H,22,27). The third-order valence-corrected chi connectivity index (χ3v) is 4.60. The van der Waals surface area contributed by atoms with Crippen molar-refractivity contribution in [1.29, 1.82) is 0 Å². The van der Waals surface area contributed by atoms with E-state index in [4.69, 9.17) is 4.74 Å². The molecule has 1 aromatic heterocycles. The molecule has 0 spiro atoms. The highest BCUT2D eigenvalue weighted by Gasteiger charge is 2.31. The van der Waals surface area contributed by atoms with Crippen molar-refractivity contribution in [3.8, 4) is 5.75 Å². The number of anilines is 1.